The number of hydrogen-bond acceptors (Lipinski definition) is 8. The zero-order valence-electron chi connectivity index (χ0n) is 15.3. The molecule has 0 spiro atoms. The molecular formula is C19H14ClN3O6. The Kier molecular flexibility index (Phi) is 5.89. The average molecular weight is 416 g/mol. The quantitative estimate of drug-likeness (QED) is 0.338. The molecule has 0 aliphatic rings. The second-order valence-corrected chi connectivity index (χ2v) is 6.04. The summed E-state index contributed by atoms with van der Waals surface area (Å²) in [4.78, 5) is 22.4. The Morgan fingerprint density at radius 2 is 1.83 bits per heavy atom. The average Bonchev–Trinajstić information content (AvgIpc) is 2.73. The van der Waals surface area contributed by atoms with Gasteiger partial charge in [-0.15, -0.1) is 10.2 Å². The van der Waals surface area contributed by atoms with E-state index in [0.717, 1.165) is 12.1 Å². The third-order valence-electron chi connectivity index (χ3n) is 3.90. The highest BCUT2D eigenvalue weighted by atomic mass is 35.5. The lowest BCUT2D eigenvalue weighted by Gasteiger charge is -2.10. The molecule has 0 bridgehead atoms. The van der Waals surface area contributed by atoms with Crippen LogP contribution in [0.2, 0.25) is 5.02 Å². The molecule has 0 atom stereocenters. The summed E-state index contributed by atoms with van der Waals surface area (Å²) in [5, 5.41) is 18.6. The molecule has 148 valence electrons. The number of halogens is 1. The third-order valence-corrected chi connectivity index (χ3v) is 4.22. The number of benzene rings is 2. The fourth-order valence-corrected chi connectivity index (χ4v) is 2.72. The highest BCUT2D eigenvalue weighted by Crippen LogP contribution is 2.32. The first-order chi connectivity index (χ1) is 13.9. The van der Waals surface area contributed by atoms with Crippen molar-refractivity contribution >= 4 is 23.3 Å². The predicted molar refractivity (Wildman–Crippen MR) is 104 cm³/mol. The summed E-state index contributed by atoms with van der Waals surface area (Å²) in [5.41, 5.74) is 0.866. The van der Waals surface area contributed by atoms with Crippen LogP contribution >= 0.6 is 11.6 Å². The molecule has 0 fully saturated rings. The van der Waals surface area contributed by atoms with E-state index in [-0.39, 0.29) is 22.2 Å². The van der Waals surface area contributed by atoms with Crippen LogP contribution in [0.5, 0.6) is 17.4 Å². The number of hydrogen-bond donors (Lipinski definition) is 0. The molecule has 0 aliphatic carbocycles. The molecule has 0 aliphatic heterocycles. The molecule has 29 heavy (non-hydrogen) atoms. The summed E-state index contributed by atoms with van der Waals surface area (Å²) < 4.78 is 15.7. The Labute approximate surface area is 170 Å². The fraction of sp³-hybridized carbons (Fsp3) is 0.105. The molecule has 3 rings (SSSR count). The van der Waals surface area contributed by atoms with Crippen molar-refractivity contribution in [2.45, 2.75) is 0 Å². The molecule has 0 saturated carbocycles. The number of non-ortho nitro benzene ring substituents is 1. The summed E-state index contributed by atoms with van der Waals surface area (Å²) in [7, 11) is 3.08. The van der Waals surface area contributed by atoms with Crippen LogP contribution in [0.4, 0.5) is 5.69 Å². The Balaban J connectivity index is 1.81. The maximum atomic E-state index is 12.3. The van der Waals surface area contributed by atoms with Gasteiger partial charge in [0.05, 0.1) is 35.4 Å². The van der Waals surface area contributed by atoms with E-state index < -0.39 is 10.9 Å². The maximum absolute atomic E-state index is 12.3. The topological polar surface area (TPSA) is 114 Å². The van der Waals surface area contributed by atoms with Gasteiger partial charge in [0.25, 0.3) is 5.69 Å². The van der Waals surface area contributed by atoms with E-state index in [1.54, 1.807) is 31.4 Å². The SMILES string of the molecule is COc1ccc(OC)c(-c2ccc(OC(=O)c3ccc([N+](=O)[O-])cc3Cl)nn2)c1. The molecule has 2 aromatic carbocycles. The maximum Gasteiger partial charge on any atom is 0.346 e. The zero-order chi connectivity index (χ0) is 21.0. The number of aromatic nitrogens is 2. The van der Waals surface area contributed by atoms with Crippen LogP contribution < -0.4 is 14.2 Å². The largest absolute Gasteiger partial charge is 0.497 e. The summed E-state index contributed by atoms with van der Waals surface area (Å²) in [5.74, 6) is 0.314. The Morgan fingerprint density at radius 1 is 1.03 bits per heavy atom. The predicted octanol–water partition coefficient (Wildman–Crippen LogP) is 3.94. The number of esters is 1. The summed E-state index contributed by atoms with van der Waals surface area (Å²) in [6.07, 6.45) is 0. The third kappa shape index (κ3) is 4.41. The van der Waals surface area contributed by atoms with Gasteiger partial charge in [-0.25, -0.2) is 4.79 Å². The van der Waals surface area contributed by atoms with E-state index in [4.69, 9.17) is 25.8 Å². The number of rotatable bonds is 6. The molecule has 1 aromatic heterocycles. The van der Waals surface area contributed by atoms with Crippen molar-refractivity contribution in [3.63, 3.8) is 0 Å². The standard InChI is InChI=1S/C19H14ClN3O6/c1-27-12-4-7-17(28-2)14(10-12)16-6-8-18(22-21-16)29-19(24)13-5-3-11(23(25)26)9-15(13)20/h3-10H,1-2H3. The van der Waals surface area contributed by atoms with Gasteiger partial charge in [0.1, 0.15) is 11.5 Å². The van der Waals surface area contributed by atoms with Gasteiger partial charge in [0.15, 0.2) is 0 Å². The minimum absolute atomic E-state index is 0.0300. The van der Waals surface area contributed by atoms with Crippen LogP contribution in [-0.4, -0.2) is 35.3 Å². The first-order valence-electron chi connectivity index (χ1n) is 8.15. The van der Waals surface area contributed by atoms with Gasteiger partial charge in [-0.05, 0) is 30.3 Å². The van der Waals surface area contributed by atoms with Crippen LogP contribution in [0.1, 0.15) is 10.4 Å². The van der Waals surface area contributed by atoms with E-state index >= 15 is 0 Å². The highest BCUT2D eigenvalue weighted by Gasteiger charge is 2.18. The normalized spacial score (nSPS) is 10.3. The van der Waals surface area contributed by atoms with Crippen molar-refractivity contribution in [1.29, 1.82) is 0 Å². The number of nitro groups is 1. The van der Waals surface area contributed by atoms with Crippen molar-refractivity contribution in [3.8, 4) is 28.6 Å². The summed E-state index contributed by atoms with van der Waals surface area (Å²) in [6.45, 7) is 0. The van der Waals surface area contributed by atoms with Gasteiger partial charge in [-0.3, -0.25) is 10.1 Å². The van der Waals surface area contributed by atoms with Gasteiger partial charge in [0.2, 0.25) is 5.88 Å². The van der Waals surface area contributed by atoms with Gasteiger partial charge in [-0.2, -0.15) is 0 Å². The molecule has 10 heteroatoms. The molecule has 3 aromatic rings. The molecule has 1 heterocycles. The number of carbonyl (C=O) groups excluding carboxylic acids is 1. The fourth-order valence-electron chi connectivity index (χ4n) is 2.47. The highest BCUT2D eigenvalue weighted by molar-refractivity contribution is 6.33. The Hall–Kier alpha value is -3.72. The van der Waals surface area contributed by atoms with Crippen LogP contribution in [0.3, 0.4) is 0 Å². The summed E-state index contributed by atoms with van der Waals surface area (Å²) >= 11 is 5.93. The lowest BCUT2D eigenvalue weighted by molar-refractivity contribution is -0.384. The molecule has 0 unspecified atom stereocenters. The van der Waals surface area contributed by atoms with Crippen molar-refractivity contribution in [3.05, 3.63) is 69.2 Å². The second-order valence-electron chi connectivity index (χ2n) is 5.63. The molecule has 0 N–H and O–H groups in total. The lowest BCUT2D eigenvalue weighted by atomic mass is 10.1. The van der Waals surface area contributed by atoms with Crippen LogP contribution in [-0.2, 0) is 0 Å². The van der Waals surface area contributed by atoms with Crippen LogP contribution in [0, 0.1) is 10.1 Å². The molecule has 0 amide bonds. The Bertz CT molecular complexity index is 1070. The van der Waals surface area contributed by atoms with Gasteiger partial charge < -0.3 is 14.2 Å². The monoisotopic (exact) mass is 415 g/mol. The van der Waals surface area contributed by atoms with Gasteiger partial charge in [-0.1, -0.05) is 11.6 Å². The number of methoxy groups -OCH3 is 2. The van der Waals surface area contributed by atoms with E-state index in [2.05, 4.69) is 10.2 Å². The lowest BCUT2D eigenvalue weighted by Crippen LogP contribution is -2.10. The minimum Gasteiger partial charge on any atom is -0.497 e. The first-order valence-corrected chi connectivity index (χ1v) is 8.53. The number of ether oxygens (including phenoxy) is 3. The van der Waals surface area contributed by atoms with Gasteiger partial charge >= 0.3 is 5.97 Å². The first kappa shape index (κ1) is 20.0. The van der Waals surface area contributed by atoms with E-state index in [1.807, 2.05) is 0 Å². The zero-order valence-corrected chi connectivity index (χ0v) is 16.0. The van der Waals surface area contributed by atoms with Crippen LogP contribution in [0.25, 0.3) is 11.3 Å². The Morgan fingerprint density at radius 3 is 2.41 bits per heavy atom. The summed E-state index contributed by atoms with van der Waals surface area (Å²) in [6, 6.07) is 11.7. The van der Waals surface area contributed by atoms with E-state index in [9.17, 15) is 14.9 Å². The molecular weight excluding hydrogens is 402 g/mol. The van der Waals surface area contributed by atoms with Crippen molar-refractivity contribution < 1.29 is 23.9 Å². The van der Waals surface area contributed by atoms with E-state index in [0.29, 0.717) is 22.8 Å². The number of nitrogens with zero attached hydrogens (tertiary/aromatic N) is 3. The minimum atomic E-state index is -0.814. The van der Waals surface area contributed by atoms with E-state index in [1.165, 1.54) is 19.2 Å². The van der Waals surface area contributed by atoms with Crippen molar-refractivity contribution in [1.82, 2.24) is 10.2 Å². The second kappa shape index (κ2) is 8.53. The number of nitro benzene ring substituents is 1. The smallest absolute Gasteiger partial charge is 0.346 e. The van der Waals surface area contributed by atoms with Gasteiger partial charge in [0, 0.05) is 23.8 Å². The molecule has 9 nitrogen and oxygen atoms in total. The van der Waals surface area contributed by atoms with Crippen molar-refractivity contribution in [2.24, 2.45) is 0 Å². The van der Waals surface area contributed by atoms with Crippen molar-refractivity contribution in [2.75, 3.05) is 14.2 Å². The van der Waals surface area contributed by atoms with Crippen LogP contribution in [0.15, 0.2) is 48.5 Å². The molecule has 0 radical (unpaired) electrons. The number of carbonyl (C=O) groups is 1. The molecule has 0 saturated heterocycles.